The van der Waals surface area contributed by atoms with Crippen LogP contribution in [0.1, 0.15) is 56.6 Å². The van der Waals surface area contributed by atoms with E-state index in [2.05, 4.69) is 6.92 Å². The Morgan fingerprint density at radius 2 is 2.11 bits per heavy atom. The number of halogens is 1. The van der Waals surface area contributed by atoms with E-state index >= 15 is 0 Å². The van der Waals surface area contributed by atoms with E-state index in [0.717, 1.165) is 47.8 Å². The van der Waals surface area contributed by atoms with Crippen LogP contribution in [0.4, 0.5) is 0 Å². The van der Waals surface area contributed by atoms with Gasteiger partial charge in [0.15, 0.2) is 0 Å². The van der Waals surface area contributed by atoms with Gasteiger partial charge in [-0.05, 0) is 55.7 Å². The average molecular weight is 267 g/mol. The number of rotatable bonds is 2. The van der Waals surface area contributed by atoms with Crippen LogP contribution in [0.2, 0.25) is 5.02 Å². The summed E-state index contributed by atoms with van der Waals surface area (Å²) in [6.07, 6.45) is 6.44. The topological polar surface area (TPSA) is 20.2 Å². The molecule has 100 valence electrons. The minimum absolute atomic E-state index is 0.665. The van der Waals surface area contributed by atoms with E-state index in [1.165, 1.54) is 12.8 Å². The third-order valence-electron chi connectivity index (χ3n) is 4.46. The first-order chi connectivity index (χ1) is 8.55. The van der Waals surface area contributed by atoms with Gasteiger partial charge in [0.1, 0.15) is 0 Å². The van der Waals surface area contributed by atoms with E-state index in [1.54, 1.807) is 0 Å². The maximum atomic E-state index is 10.9. The molecule has 1 aliphatic rings. The van der Waals surface area contributed by atoms with Gasteiger partial charge in [0.05, 0.1) is 5.60 Å². The highest BCUT2D eigenvalue weighted by Gasteiger charge is 2.32. The molecular formula is C16H23ClO. The van der Waals surface area contributed by atoms with Crippen molar-refractivity contribution in [2.75, 3.05) is 0 Å². The molecule has 0 spiro atoms. The lowest BCUT2D eigenvalue weighted by atomic mass is 9.85. The predicted molar refractivity (Wildman–Crippen MR) is 77.0 cm³/mol. The van der Waals surface area contributed by atoms with Crippen molar-refractivity contribution < 1.29 is 5.11 Å². The highest BCUT2D eigenvalue weighted by molar-refractivity contribution is 6.31. The van der Waals surface area contributed by atoms with Gasteiger partial charge in [-0.3, -0.25) is 0 Å². The van der Waals surface area contributed by atoms with Crippen molar-refractivity contribution in [1.29, 1.82) is 0 Å². The van der Waals surface area contributed by atoms with E-state index in [0.29, 0.717) is 0 Å². The minimum atomic E-state index is -0.665. The second-order valence-corrected chi connectivity index (χ2v) is 6.11. The van der Waals surface area contributed by atoms with Crippen molar-refractivity contribution in [3.05, 3.63) is 34.3 Å². The Morgan fingerprint density at radius 1 is 1.33 bits per heavy atom. The van der Waals surface area contributed by atoms with Crippen LogP contribution < -0.4 is 0 Å². The number of benzene rings is 1. The maximum Gasteiger partial charge on any atom is 0.0897 e. The molecule has 0 aromatic heterocycles. The minimum Gasteiger partial charge on any atom is -0.385 e. The van der Waals surface area contributed by atoms with Gasteiger partial charge in [-0.15, -0.1) is 0 Å². The summed E-state index contributed by atoms with van der Waals surface area (Å²) < 4.78 is 0. The van der Waals surface area contributed by atoms with Crippen LogP contribution in [0.5, 0.6) is 0 Å². The van der Waals surface area contributed by atoms with Gasteiger partial charge in [-0.25, -0.2) is 0 Å². The summed E-state index contributed by atoms with van der Waals surface area (Å²) in [6.45, 7) is 4.24. The van der Waals surface area contributed by atoms with Crippen LogP contribution in [-0.4, -0.2) is 5.11 Å². The SMILES string of the molecule is CCC1CCCC(O)(c2ccc(C)c(Cl)c2)CC1. The fourth-order valence-electron chi connectivity index (χ4n) is 2.97. The number of hydrogen-bond acceptors (Lipinski definition) is 1. The van der Waals surface area contributed by atoms with Crippen LogP contribution in [-0.2, 0) is 5.60 Å². The van der Waals surface area contributed by atoms with Gasteiger partial charge in [0.25, 0.3) is 0 Å². The zero-order valence-electron chi connectivity index (χ0n) is 11.4. The first-order valence-corrected chi connectivity index (χ1v) is 7.42. The van der Waals surface area contributed by atoms with Crippen LogP contribution in [0, 0.1) is 12.8 Å². The van der Waals surface area contributed by atoms with Gasteiger partial charge in [-0.2, -0.15) is 0 Å². The lowest BCUT2D eigenvalue weighted by molar-refractivity contribution is 0.0196. The molecule has 0 heterocycles. The molecule has 1 N–H and O–H groups in total. The molecule has 0 amide bonds. The van der Waals surface area contributed by atoms with E-state index in [-0.39, 0.29) is 0 Å². The largest absolute Gasteiger partial charge is 0.385 e. The molecule has 2 rings (SSSR count). The Kier molecular flexibility index (Phi) is 4.34. The Hall–Kier alpha value is -0.530. The molecule has 1 aromatic carbocycles. The summed E-state index contributed by atoms with van der Waals surface area (Å²) in [7, 11) is 0. The first kappa shape index (κ1) is 13.9. The van der Waals surface area contributed by atoms with Crippen molar-refractivity contribution in [2.45, 2.75) is 58.0 Å². The molecule has 2 unspecified atom stereocenters. The van der Waals surface area contributed by atoms with Crippen LogP contribution >= 0.6 is 11.6 Å². The second kappa shape index (κ2) is 5.63. The lowest BCUT2D eigenvalue weighted by Gasteiger charge is -2.28. The van der Waals surface area contributed by atoms with Gasteiger partial charge < -0.3 is 5.11 Å². The Morgan fingerprint density at radius 3 is 2.78 bits per heavy atom. The highest BCUT2D eigenvalue weighted by atomic mass is 35.5. The normalized spacial score (nSPS) is 29.0. The Bertz CT molecular complexity index is 416. The summed E-state index contributed by atoms with van der Waals surface area (Å²) >= 11 is 6.18. The number of aliphatic hydroxyl groups is 1. The smallest absolute Gasteiger partial charge is 0.0897 e. The van der Waals surface area contributed by atoms with Crippen molar-refractivity contribution in [1.82, 2.24) is 0 Å². The van der Waals surface area contributed by atoms with Crippen LogP contribution in [0.3, 0.4) is 0 Å². The van der Waals surface area contributed by atoms with Crippen molar-refractivity contribution in [3.8, 4) is 0 Å². The molecule has 0 bridgehead atoms. The highest BCUT2D eigenvalue weighted by Crippen LogP contribution is 2.39. The second-order valence-electron chi connectivity index (χ2n) is 5.70. The molecule has 1 aromatic rings. The molecule has 18 heavy (non-hydrogen) atoms. The van der Waals surface area contributed by atoms with E-state index in [4.69, 9.17) is 11.6 Å². The molecule has 0 aliphatic heterocycles. The van der Waals surface area contributed by atoms with Crippen LogP contribution in [0.15, 0.2) is 18.2 Å². The maximum absolute atomic E-state index is 10.9. The summed E-state index contributed by atoms with van der Waals surface area (Å²) in [4.78, 5) is 0. The molecule has 2 heteroatoms. The van der Waals surface area contributed by atoms with Crippen molar-refractivity contribution in [3.63, 3.8) is 0 Å². The fourth-order valence-corrected chi connectivity index (χ4v) is 3.16. The van der Waals surface area contributed by atoms with Crippen molar-refractivity contribution in [2.24, 2.45) is 5.92 Å². The molecule has 1 aliphatic carbocycles. The molecule has 1 saturated carbocycles. The molecule has 2 atom stereocenters. The number of aryl methyl sites for hydroxylation is 1. The fraction of sp³-hybridized carbons (Fsp3) is 0.625. The summed E-state index contributed by atoms with van der Waals surface area (Å²) in [5, 5.41) is 11.7. The first-order valence-electron chi connectivity index (χ1n) is 7.04. The van der Waals surface area contributed by atoms with Gasteiger partial charge >= 0.3 is 0 Å². The molecule has 0 radical (unpaired) electrons. The molecule has 1 fully saturated rings. The van der Waals surface area contributed by atoms with Gasteiger partial charge in [0, 0.05) is 5.02 Å². The summed E-state index contributed by atoms with van der Waals surface area (Å²) in [5.41, 5.74) is 1.40. The quantitative estimate of drug-likeness (QED) is 0.761. The number of hydrogen-bond donors (Lipinski definition) is 1. The standard InChI is InChI=1S/C16H23ClO/c1-3-13-5-4-9-16(18,10-8-13)14-7-6-12(2)15(17)11-14/h6-7,11,13,18H,3-5,8-10H2,1-2H3. The molecule has 0 saturated heterocycles. The average Bonchev–Trinajstić information content (AvgIpc) is 2.55. The lowest BCUT2D eigenvalue weighted by Crippen LogP contribution is -2.24. The van der Waals surface area contributed by atoms with Crippen molar-refractivity contribution >= 4 is 11.6 Å². The van der Waals surface area contributed by atoms with Gasteiger partial charge in [0.2, 0.25) is 0 Å². The monoisotopic (exact) mass is 266 g/mol. The Balaban J connectivity index is 2.21. The van der Waals surface area contributed by atoms with E-state index in [9.17, 15) is 5.11 Å². The van der Waals surface area contributed by atoms with E-state index < -0.39 is 5.60 Å². The molecule has 1 nitrogen and oxygen atoms in total. The third-order valence-corrected chi connectivity index (χ3v) is 4.86. The summed E-state index contributed by atoms with van der Waals surface area (Å²) in [5.74, 6) is 0.778. The van der Waals surface area contributed by atoms with E-state index in [1.807, 2.05) is 25.1 Å². The predicted octanol–water partition coefficient (Wildman–Crippen LogP) is 4.83. The Labute approximate surface area is 115 Å². The van der Waals surface area contributed by atoms with Crippen LogP contribution in [0.25, 0.3) is 0 Å². The van der Waals surface area contributed by atoms with Gasteiger partial charge in [-0.1, -0.05) is 43.5 Å². The summed E-state index contributed by atoms with van der Waals surface area (Å²) in [6, 6.07) is 5.99. The molecular weight excluding hydrogens is 244 g/mol. The third kappa shape index (κ3) is 2.89. The zero-order valence-corrected chi connectivity index (χ0v) is 12.1. The zero-order chi connectivity index (χ0) is 13.2.